The average molecular weight is 297 g/mol. The van der Waals surface area contributed by atoms with Crippen molar-refractivity contribution >= 4 is 0 Å². The van der Waals surface area contributed by atoms with Crippen LogP contribution < -0.4 is 0 Å². The van der Waals surface area contributed by atoms with Crippen LogP contribution in [0.25, 0.3) is 0 Å². The molecule has 2 aromatic rings. The molecule has 2 aromatic carbocycles. The molecule has 0 aliphatic carbocycles. The number of nitrogens with zero attached hydrogens (tertiary/aromatic N) is 1. The first kappa shape index (κ1) is 15.2. The first-order valence-electron chi connectivity index (χ1n) is 7.91. The lowest BCUT2D eigenvalue weighted by atomic mass is 9.79. The minimum Gasteiger partial charge on any atom is -0.392 e. The summed E-state index contributed by atoms with van der Waals surface area (Å²) in [5.74, 6) is 0. The second-order valence-electron chi connectivity index (χ2n) is 5.99. The van der Waals surface area contributed by atoms with Gasteiger partial charge in [0.1, 0.15) is 5.60 Å². The van der Waals surface area contributed by atoms with Crippen molar-refractivity contribution in [3.05, 3.63) is 71.8 Å². The predicted molar refractivity (Wildman–Crippen MR) is 87.5 cm³/mol. The lowest BCUT2D eigenvalue weighted by Crippen LogP contribution is -2.48. The number of aliphatic hydroxyl groups excluding tert-OH is 1. The second-order valence-corrected chi connectivity index (χ2v) is 5.99. The van der Waals surface area contributed by atoms with E-state index in [4.69, 9.17) is 0 Å². The molecular weight excluding hydrogens is 274 g/mol. The van der Waals surface area contributed by atoms with Crippen molar-refractivity contribution in [2.45, 2.75) is 31.1 Å². The van der Waals surface area contributed by atoms with Crippen LogP contribution in [0.15, 0.2) is 60.7 Å². The Hall–Kier alpha value is -1.68. The van der Waals surface area contributed by atoms with Crippen LogP contribution in [0.2, 0.25) is 0 Å². The second kappa shape index (κ2) is 6.21. The molecule has 0 spiro atoms. The first-order chi connectivity index (χ1) is 10.7. The van der Waals surface area contributed by atoms with Gasteiger partial charge in [-0.05, 0) is 24.1 Å². The third-order valence-corrected chi connectivity index (χ3v) is 4.70. The number of aliphatic hydroxyl groups is 2. The molecule has 0 aromatic heterocycles. The predicted octanol–water partition coefficient (Wildman–Crippen LogP) is 2.38. The monoisotopic (exact) mass is 297 g/mol. The van der Waals surface area contributed by atoms with Crippen molar-refractivity contribution in [1.29, 1.82) is 0 Å². The summed E-state index contributed by atoms with van der Waals surface area (Å²) in [6.07, 6.45) is 0.192. The van der Waals surface area contributed by atoms with Crippen molar-refractivity contribution < 1.29 is 10.2 Å². The Balaban J connectivity index is 2.12. The highest BCUT2D eigenvalue weighted by Crippen LogP contribution is 2.40. The van der Waals surface area contributed by atoms with E-state index in [0.29, 0.717) is 13.0 Å². The van der Waals surface area contributed by atoms with Crippen molar-refractivity contribution in [1.82, 2.24) is 4.90 Å². The molecule has 3 nitrogen and oxygen atoms in total. The van der Waals surface area contributed by atoms with Crippen LogP contribution in [0.4, 0.5) is 0 Å². The van der Waals surface area contributed by atoms with Crippen molar-refractivity contribution in [2.75, 3.05) is 13.1 Å². The third kappa shape index (κ3) is 2.56. The molecule has 0 unspecified atom stereocenters. The maximum Gasteiger partial charge on any atom is 0.130 e. The summed E-state index contributed by atoms with van der Waals surface area (Å²) in [7, 11) is 0. The Kier molecular flexibility index (Phi) is 4.30. The molecule has 1 saturated heterocycles. The molecule has 1 heterocycles. The van der Waals surface area contributed by atoms with Crippen LogP contribution in [0.3, 0.4) is 0 Å². The van der Waals surface area contributed by atoms with Gasteiger partial charge in [-0.1, -0.05) is 67.6 Å². The molecule has 22 heavy (non-hydrogen) atoms. The van der Waals surface area contributed by atoms with E-state index in [1.165, 1.54) is 0 Å². The van der Waals surface area contributed by atoms with Gasteiger partial charge >= 0.3 is 0 Å². The maximum absolute atomic E-state index is 11.7. The molecular formula is C19H23NO2. The van der Waals surface area contributed by atoms with E-state index < -0.39 is 5.60 Å². The van der Waals surface area contributed by atoms with E-state index in [1.807, 2.05) is 60.7 Å². The van der Waals surface area contributed by atoms with Crippen LogP contribution in [-0.2, 0) is 5.60 Å². The smallest absolute Gasteiger partial charge is 0.130 e. The number of rotatable bonds is 4. The fourth-order valence-corrected chi connectivity index (χ4v) is 3.60. The Morgan fingerprint density at radius 2 is 1.50 bits per heavy atom. The van der Waals surface area contributed by atoms with Crippen LogP contribution in [0, 0.1) is 0 Å². The molecule has 0 amide bonds. The molecule has 116 valence electrons. The highest BCUT2D eigenvalue weighted by atomic mass is 16.3. The molecule has 2 N–H and O–H groups in total. The number of β-amino-alcohol motifs (C(OH)–C–C–N with tert-alkyl or cyclic N) is 1. The zero-order chi connectivity index (χ0) is 15.6. The standard InChI is InChI=1S/C19H23NO2/c1-2-20-14-17(21)13-18(20)19(22,15-9-5-3-6-10-15)16-11-7-4-8-12-16/h3-12,17-18,21-22H,2,13-14H2,1H3/t17-,18+/m1/s1. The summed E-state index contributed by atoms with van der Waals surface area (Å²) < 4.78 is 0. The SMILES string of the molecule is CCN1C[C@H](O)C[C@H]1C(O)(c1ccccc1)c1ccccc1. The molecule has 3 heteroatoms. The molecule has 0 saturated carbocycles. The van der Waals surface area contributed by atoms with Gasteiger partial charge in [0, 0.05) is 12.6 Å². The highest BCUT2D eigenvalue weighted by Gasteiger charge is 2.47. The van der Waals surface area contributed by atoms with E-state index in [0.717, 1.165) is 17.7 Å². The van der Waals surface area contributed by atoms with Crippen molar-refractivity contribution in [3.8, 4) is 0 Å². The van der Waals surface area contributed by atoms with Crippen molar-refractivity contribution in [3.63, 3.8) is 0 Å². The molecule has 1 aliphatic rings. The van der Waals surface area contributed by atoms with Crippen LogP contribution >= 0.6 is 0 Å². The number of benzene rings is 2. The Morgan fingerprint density at radius 1 is 1.00 bits per heavy atom. The lowest BCUT2D eigenvalue weighted by molar-refractivity contribution is -0.00248. The summed E-state index contributed by atoms with van der Waals surface area (Å²) in [6, 6.07) is 19.4. The van der Waals surface area contributed by atoms with Gasteiger partial charge in [0.05, 0.1) is 6.10 Å². The number of hydrogen-bond acceptors (Lipinski definition) is 3. The molecule has 1 fully saturated rings. The van der Waals surface area contributed by atoms with Gasteiger partial charge in [-0.25, -0.2) is 0 Å². The normalized spacial score (nSPS) is 22.9. The van der Waals surface area contributed by atoms with Gasteiger partial charge in [-0.15, -0.1) is 0 Å². The van der Waals surface area contributed by atoms with Gasteiger partial charge in [0.15, 0.2) is 0 Å². The highest BCUT2D eigenvalue weighted by molar-refractivity contribution is 5.38. The first-order valence-corrected chi connectivity index (χ1v) is 7.91. The van der Waals surface area contributed by atoms with E-state index in [9.17, 15) is 10.2 Å². The molecule has 2 atom stereocenters. The fraction of sp³-hybridized carbons (Fsp3) is 0.368. The summed E-state index contributed by atoms with van der Waals surface area (Å²) in [6.45, 7) is 3.49. The summed E-state index contributed by atoms with van der Waals surface area (Å²) in [5, 5.41) is 21.8. The van der Waals surface area contributed by atoms with E-state index in [1.54, 1.807) is 0 Å². The van der Waals surface area contributed by atoms with Gasteiger partial charge < -0.3 is 10.2 Å². The third-order valence-electron chi connectivity index (χ3n) is 4.70. The van der Waals surface area contributed by atoms with Crippen LogP contribution in [0.1, 0.15) is 24.5 Å². The van der Waals surface area contributed by atoms with Gasteiger partial charge in [0.2, 0.25) is 0 Å². The maximum atomic E-state index is 11.7. The largest absolute Gasteiger partial charge is 0.392 e. The topological polar surface area (TPSA) is 43.7 Å². The van der Waals surface area contributed by atoms with Gasteiger partial charge in [0.25, 0.3) is 0 Å². The summed E-state index contributed by atoms with van der Waals surface area (Å²) >= 11 is 0. The summed E-state index contributed by atoms with van der Waals surface area (Å²) in [4.78, 5) is 2.17. The Morgan fingerprint density at radius 3 is 1.95 bits per heavy atom. The van der Waals surface area contributed by atoms with E-state index >= 15 is 0 Å². The zero-order valence-corrected chi connectivity index (χ0v) is 12.9. The lowest BCUT2D eigenvalue weighted by Gasteiger charge is -2.39. The zero-order valence-electron chi connectivity index (χ0n) is 12.9. The minimum absolute atomic E-state index is 0.128. The van der Waals surface area contributed by atoms with Crippen LogP contribution in [-0.4, -0.2) is 40.3 Å². The van der Waals surface area contributed by atoms with Gasteiger partial charge in [-0.2, -0.15) is 0 Å². The number of hydrogen-bond donors (Lipinski definition) is 2. The molecule has 3 rings (SSSR count). The summed E-state index contributed by atoms with van der Waals surface area (Å²) in [5.41, 5.74) is 0.633. The fourth-order valence-electron chi connectivity index (χ4n) is 3.60. The van der Waals surface area contributed by atoms with E-state index in [2.05, 4.69) is 11.8 Å². The molecule has 0 radical (unpaired) electrons. The van der Waals surface area contributed by atoms with Crippen LogP contribution in [0.5, 0.6) is 0 Å². The quantitative estimate of drug-likeness (QED) is 0.910. The Bertz CT molecular complexity index is 560. The number of likely N-dealkylation sites (tertiary alicyclic amines) is 1. The average Bonchev–Trinajstić information content (AvgIpc) is 2.97. The minimum atomic E-state index is -1.12. The van der Waals surface area contributed by atoms with Crippen molar-refractivity contribution in [2.24, 2.45) is 0 Å². The van der Waals surface area contributed by atoms with E-state index in [-0.39, 0.29) is 12.1 Å². The molecule has 1 aliphatic heterocycles. The number of likely N-dealkylation sites (N-methyl/N-ethyl adjacent to an activating group) is 1. The molecule has 0 bridgehead atoms. The Labute approximate surface area is 131 Å². The van der Waals surface area contributed by atoms with Gasteiger partial charge in [-0.3, -0.25) is 4.90 Å².